The van der Waals surface area contributed by atoms with Crippen LogP contribution >= 0.6 is 11.3 Å². The summed E-state index contributed by atoms with van der Waals surface area (Å²) in [5, 5.41) is 3.96. The van der Waals surface area contributed by atoms with Crippen molar-refractivity contribution in [2.75, 3.05) is 36.4 Å². The molecule has 2 aromatic heterocycles. The number of anilines is 3. The Kier molecular flexibility index (Phi) is 4.99. The number of carbonyl (C=O) groups excluding carboxylic acids is 1. The number of aliphatic imine (C=N–C) groups is 1. The third-order valence-corrected chi connectivity index (χ3v) is 4.60. The Morgan fingerprint density at radius 3 is 2.88 bits per heavy atom. The Morgan fingerprint density at radius 1 is 1.38 bits per heavy atom. The summed E-state index contributed by atoms with van der Waals surface area (Å²) in [4.78, 5) is 33.4. The summed E-state index contributed by atoms with van der Waals surface area (Å²) in [6.07, 6.45) is 3.51. The van der Waals surface area contributed by atoms with E-state index in [0.29, 0.717) is 31.4 Å². The van der Waals surface area contributed by atoms with Gasteiger partial charge < -0.3 is 15.1 Å². The van der Waals surface area contributed by atoms with Gasteiger partial charge in [-0.15, -0.1) is 0 Å². The maximum absolute atomic E-state index is 11.4. The van der Waals surface area contributed by atoms with Crippen molar-refractivity contribution >= 4 is 40.9 Å². The summed E-state index contributed by atoms with van der Waals surface area (Å²) >= 11 is 1.52. The number of nitrogens with one attached hydrogen (secondary N) is 1. The minimum Gasteiger partial charge on any atom is -0.339 e. The number of piperazine rings is 1. The molecule has 1 aliphatic heterocycles. The first-order valence-electron chi connectivity index (χ1n) is 7.63. The zero-order valence-electron chi connectivity index (χ0n) is 13.5. The molecule has 0 saturated carbocycles. The lowest BCUT2D eigenvalue weighted by atomic mass is 10.3. The van der Waals surface area contributed by atoms with Crippen molar-refractivity contribution in [1.82, 2.24) is 19.9 Å². The van der Waals surface area contributed by atoms with E-state index in [1.807, 2.05) is 11.0 Å². The topological polar surface area (TPSA) is 86.6 Å². The van der Waals surface area contributed by atoms with E-state index in [1.165, 1.54) is 11.3 Å². The Bertz CT molecular complexity index is 724. The standard InChI is InChI=1S/C15H19N7OS/c1-11(23)21-5-7-22(8-6-21)14-17-4-3-13(19-14)20-15-18-10-12(24-15)9-16-2/h3-4,10H,2,5-9H2,1H3,(H,17,18,19,20). The zero-order chi connectivity index (χ0) is 16.9. The van der Waals surface area contributed by atoms with Gasteiger partial charge in [-0.2, -0.15) is 4.98 Å². The zero-order valence-corrected chi connectivity index (χ0v) is 14.3. The molecule has 2 aromatic rings. The summed E-state index contributed by atoms with van der Waals surface area (Å²) in [5.74, 6) is 1.47. The normalized spacial score (nSPS) is 14.5. The predicted octanol–water partition coefficient (Wildman–Crippen LogP) is 1.55. The average molecular weight is 345 g/mol. The van der Waals surface area contributed by atoms with Crippen LogP contribution in [0.2, 0.25) is 0 Å². The van der Waals surface area contributed by atoms with Gasteiger partial charge in [0, 0.05) is 50.4 Å². The van der Waals surface area contributed by atoms with E-state index in [0.717, 1.165) is 23.1 Å². The van der Waals surface area contributed by atoms with Crippen molar-refractivity contribution in [2.24, 2.45) is 4.99 Å². The highest BCUT2D eigenvalue weighted by Gasteiger charge is 2.20. The Labute approximate surface area is 144 Å². The van der Waals surface area contributed by atoms with E-state index in [4.69, 9.17) is 0 Å². The summed E-state index contributed by atoms with van der Waals surface area (Å²) in [7, 11) is 0. The molecule has 8 nitrogen and oxygen atoms in total. The molecule has 0 atom stereocenters. The first-order chi connectivity index (χ1) is 11.7. The maximum Gasteiger partial charge on any atom is 0.227 e. The molecule has 3 heterocycles. The molecule has 1 amide bonds. The summed E-state index contributed by atoms with van der Waals surface area (Å²) in [6, 6.07) is 1.81. The maximum atomic E-state index is 11.4. The van der Waals surface area contributed by atoms with Gasteiger partial charge in [-0.3, -0.25) is 9.79 Å². The number of hydrogen-bond acceptors (Lipinski definition) is 8. The van der Waals surface area contributed by atoms with E-state index < -0.39 is 0 Å². The third kappa shape index (κ3) is 3.85. The largest absolute Gasteiger partial charge is 0.339 e. The molecular formula is C15H19N7OS. The number of thiazole rings is 1. The molecule has 126 valence electrons. The second-order valence-electron chi connectivity index (χ2n) is 5.37. The van der Waals surface area contributed by atoms with Gasteiger partial charge in [0.2, 0.25) is 11.9 Å². The molecule has 9 heteroatoms. The van der Waals surface area contributed by atoms with Crippen LogP contribution in [0, 0.1) is 0 Å². The first kappa shape index (κ1) is 16.3. The van der Waals surface area contributed by atoms with Gasteiger partial charge in [0.15, 0.2) is 5.13 Å². The number of rotatable bonds is 5. The van der Waals surface area contributed by atoms with Crippen LogP contribution in [0.3, 0.4) is 0 Å². The number of amides is 1. The predicted molar refractivity (Wildman–Crippen MR) is 95.1 cm³/mol. The van der Waals surface area contributed by atoms with Crippen LogP contribution < -0.4 is 10.2 Å². The molecule has 0 aromatic carbocycles. The van der Waals surface area contributed by atoms with Crippen molar-refractivity contribution in [3.05, 3.63) is 23.3 Å². The Hall–Kier alpha value is -2.55. The quantitative estimate of drug-likeness (QED) is 0.828. The van der Waals surface area contributed by atoms with Gasteiger partial charge in [0.25, 0.3) is 0 Å². The molecule has 1 N–H and O–H groups in total. The van der Waals surface area contributed by atoms with Crippen LogP contribution in [-0.4, -0.2) is 58.7 Å². The van der Waals surface area contributed by atoms with E-state index in [9.17, 15) is 4.79 Å². The number of carbonyl (C=O) groups is 1. The van der Waals surface area contributed by atoms with Gasteiger partial charge in [-0.05, 0) is 12.8 Å². The van der Waals surface area contributed by atoms with Crippen molar-refractivity contribution in [2.45, 2.75) is 13.5 Å². The molecule has 3 rings (SSSR count). The minimum absolute atomic E-state index is 0.111. The average Bonchev–Trinajstić information content (AvgIpc) is 3.02. The molecule has 0 unspecified atom stereocenters. The van der Waals surface area contributed by atoms with E-state index in [1.54, 1.807) is 19.3 Å². The van der Waals surface area contributed by atoms with Gasteiger partial charge in [0.1, 0.15) is 5.82 Å². The summed E-state index contributed by atoms with van der Waals surface area (Å²) in [6.45, 7) is 8.50. The summed E-state index contributed by atoms with van der Waals surface area (Å²) in [5.41, 5.74) is 0. The third-order valence-electron chi connectivity index (χ3n) is 3.71. The number of hydrogen-bond donors (Lipinski definition) is 1. The first-order valence-corrected chi connectivity index (χ1v) is 8.45. The molecule has 1 saturated heterocycles. The van der Waals surface area contributed by atoms with Crippen molar-refractivity contribution in [1.29, 1.82) is 0 Å². The van der Waals surface area contributed by atoms with Crippen LogP contribution in [0.5, 0.6) is 0 Å². The fourth-order valence-corrected chi connectivity index (χ4v) is 3.22. The van der Waals surface area contributed by atoms with E-state index >= 15 is 0 Å². The van der Waals surface area contributed by atoms with E-state index in [-0.39, 0.29) is 5.91 Å². The molecule has 0 aliphatic carbocycles. The van der Waals surface area contributed by atoms with Crippen LogP contribution in [0.25, 0.3) is 0 Å². The second-order valence-corrected chi connectivity index (χ2v) is 6.49. The highest BCUT2D eigenvalue weighted by molar-refractivity contribution is 7.15. The molecule has 0 spiro atoms. The highest BCUT2D eigenvalue weighted by Crippen LogP contribution is 2.23. The monoisotopic (exact) mass is 345 g/mol. The molecule has 0 bridgehead atoms. The van der Waals surface area contributed by atoms with Crippen molar-refractivity contribution in [3.63, 3.8) is 0 Å². The molecular weight excluding hydrogens is 326 g/mol. The van der Waals surface area contributed by atoms with Gasteiger partial charge >= 0.3 is 0 Å². The van der Waals surface area contributed by atoms with Crippen molar-refractivity contribution < 1.29 is 4.79 Å². The Balaban J connectivity index is 1.65. The molecule has 24 heavy (non-hydrogen) atoms. The fourth-order valence-electron chi connectivity index (χ4n) is 2.45. The van der Waals surface area contributed by atoms with Gasteiger partial charge in [0.05, 0.1) is 6.54 Å². The van der Waals surface area contributed by atoms with Crippen molar-refractivity contribution in [3.8, 4) is 0 Å². The van der Waals surface area contributed by atoms with Gasteiger partial charge in [-0.1, -0.05) is 11.3 Å². The number of aromatic nitrogens is 3. The van der Waals surface area contributed by atoms with Gasteiger partial charge in [-0.25, -0.2) is 9.97 Å². The second kappa shape index (κ2) is 7.35. The smallest absolute Gasteiger partial charge is 0.227 e. The summed E-state index contributed by atoms with van der Waals surface area (Å²) < 4.78 is 0. The lowest BCUT2D eigenvalue weighted by Gasteiger charge is -2.34. The highest BCUT2D eigenvalue weighted by atomic mass is 32.1. The lowest BCUT2D eigenvalue weighted by Crippen LogP contribution is -2.48. The van der Waals surface area contributed by atoms with Crippen LogP contribution in [0.15, 0.2) is 23.5 Å². The Morgan fingerprint density at radius 2 is 2.17 bits per heavy atom. The molecule has 0 radical (unpaired) electrons. The number of nitrogens with zero attached hydrogens (tertiary/aromatic N) is 6. The van der Waals surface area contributed by atoms with Crippen LogP contribution in [-0.2, 0) is 11.3 Å². The fraction of sp³-hybridized carbons (Fsp3) is 0.400. The lowest BCUT2D eigenvalue weighted by molar-refractivity contribution is -0.129. The molecule has 1 fully saturated rings. The van der Waals surface area contributed by atoms with Crippen LogP contribution in [0.4, 0.5) is 16.9 Å². The van der Waals surface area contributed by atoms with E-state index in [2.05, 4.69) is 36.9 Å². The minimum atomic E-state index is 0.111. The van der Waals surface area contributed by atoms with Crippen LogP contribution in [0.1, 0.15) is 11.8 Å². The molecule has 1 aliphatic rings. The SMILES string of the molecule is C=NCc1cnc(Nc2ccnc(N3CCN(C(C)=O)CC3)n2)s1.